The Balaban J connectivity index is 1.49. The highest BCUT2D eigenvalue weighted by atomic mass is 32.1. The molecule has 6 nitrogen and oxygen atoms in total. The molecule has 0 bridgehead atoms. The van der Waals surface area contributed by atoms with Gasteiger partial charge in [-0.3, -0.25) is 9.48 Å². The SMILES string of the molecule is CCc1cccc(CN(CC(O)C(N)Cc2cc(F)cc(F)c2)C(=O)Cn2ccc(-c3cccs3)n2)c1. The number of carbonyl (C=O) groups is 1. The van der Waals surface area contributed by atoms with E-state index in [-0.39, 0.29) is 32.0 Å². The number of amides is 1. The molecule has 4 rings (SSSR count). The van der Waals surface area contributed by atoms with Crippen molar-refractivity contribution < 1.29 is 18.7 Å². The molecule has 9 heteroatoms. The van der Waals surface area contributed by atoms with Crippen LogP contribution in [0.4, 0.5) is 8.78 Å². The van der Waals surface area contributed by atoms with E-state index in [0.29, 0.717) is 5.56 Å². The van der Waals surface area contributed by atoms with Crippen molar-refractivity contribution in [3.05, 3.63) is 101 Å². The molecule has 3 N–H and O–H groups in total. The Morgan fingerprint density at radius 3 is 2.54 bits per heavy atom. The molecule has 0 aliphatic carbocycles. The zero-order valence-corrected chi connectivity index (χ0v) is 21.4. The number of halogens is 2. The molecule has 1 amide bonds. The zero-order chi connectivity index (χ0) is 26.4. The third-order valence-corrected chi connectivity index (χ3v) is 7.03. The highest BCUT2D eigenvalue weighted by Gasteiger charge is 2.24. The molecular weight excluding hydrogens is 494 g/mol. The van der Waals surface area contributed by atoms with Crippen molar-refractivity contribution in [1.29, 1.82) is 0 Å². The van der Waals surface area contributed by atoms with Crippen LogP contribution in [0.3, 0.4) is 0 Å². The van der Waals surface area contributed by atoms with Crippen LogP contribution in [-0.4, -0.2) is 44.4 Å². The fraction of sp³-hybridized carbons (Fsp3) is 0.286. The van der Waals surface area contributed by atoms with E-state index < -0.39 is 23.8 Å². The van der Waals surface area contributed by atoms with Crippen LogP contribution in [0.1, 0.15) is 23.6 Å². The normalized spacial score (nSPS) is 12.9. The molecule has 194 valence electrons. The van der Waals surface area contributed by atoms with Crippen molar-refractivity contribution in [2.24, 2.45) is 5.73 Å². The van der Waals surface area contributed by atoms with Gasteiger partial charge in [0, 0.05) is 31.4 Å². The lowest BCUT2D eigenvalue weighted by molar-refractivity contribution is -0.134. The third-order valence-electron chi connectivity index (χ3n) is 6.13. The number of rotatable bonds is 11. The van der Waals surface area contributed by atoms with Crippen molar-refractivity contribution in [2.75, 3.05) is 6.54 Å². The van der Waals surface area contributed by atoms with E-state index in [2.05, 4.69) is 12.0 Å². The lowest BCUT2D eigenvalue weighted by Gasteiger charge is -2.28. The number of aromatic nitrogens is 2. The molecule has 0 saturated heterocycles. The van der Waals surface area contributed by atoms with E-state index in [9.17, 15) is 18.7 Å². The summed E-state index contributed by atoms with van der Waals surface area (Å²) in [5, 5.41) is 17.4. The van der Waals surface area contributed by atoms with Gasteiger partial charge >= 0.3 is 0 Å². The second-order valence-corrected chi connectivity index (χ2v) is 9.98. The van der Waals surface area contributed by atoms with Gasteiger partial charge in [-0.05, 0) is 59.2 Å². The van der Waals surface area contributed by atoms with Gasteiger partial charge in [-0.2, -0.15) is 5.10 Å². The monoisotopic (exact) mass is 524 g/mol. The van der Waals surface area contributed by atoms with Crippen molar-refractivity contribution in [2.45, 2.75) is 45.0 Å². The first-order valence-corrected chi connectivity index (χ1v) is 13.0. The van der Waals surface area contributed by atoms with Crippen molar-refractivity contribution >= 4 is 17.2 Å². The van der Waals surface area contributed by atoms with E-state index in [0.717, 1.165) is 34.2 Å². The maximum atomic E-state index is 13.6. The Morgan fingerprint density at radius 2 is 1.84 bits per heavy atom. The van der Waals surface area contributed by atoms with E-state index in [1.807, 2.05) is 47.8 Å². The van der Waals surface area contributed by atoms with E-state index in [4.69, 9.17) is 5.73 Å². The Morgan fingerprint density at radius 1 is 1.08 bits per heavy atom. The number of hydrogen-bond acceptors (Lipinski definition) is 5. The van der Waals surface area contributed by atoms with Gasteiger partial charge < -0.3 is 15.7 Å². The number of carbonyl (C=O) groups excluding carboxylic acids is 1. The summed E-state index contributed by atoms with van der Waals surface area (Å²) < 4.78 is 28.8. The zero-order valence-electron chi connectivity index (χ0n) is 20.6. The van der Waals surface area contributed by atoms with E-state index in [1.54, 1.807) is 27.1 Å². The average Bonchev–Trinajstić information content (AvgIpc) is 3.55. The topological polar surface area (TPSA) is 84.4 Å². The van der Waals surface area contributed by atoms with Crippen LogP contribution < -0.4 is 5.73 Å². The number of thiophene rings is 1. The first kappa shape index (κ1) is 26.7. The van der Waals surface area contributed by atoms with Gasteiger partial charge in [0.15, 0.2) is 0 Å². The molecule has 2 atom stereocenters. The van der Waals surface area contributed by atoms with Crippen LogP contribution in [0, 0.1) is 11.6 Å². The molecule has 4 aromatic rings. The van der Waals surface area contributed by atoms with Gasteiger partial charge in [0.2, 0.25) is 5.91 Å². The number of nitrogens with zero attached hydrogens (tertiary/aromatic N) is 3. The average molecular weight is 525 g/mol. The summed E-state index contributed by atoms with van der Waals surface area (Å²) in [7, 11) is 0. The van der Waals surface area contributed by atoms with E-state index >= 15 is 0 Å². The minimum absolute atomic E-state index is 0.00406. The Kier molecular flexibility index (Phi) is 8.81. The highest BCUT2D eigenvalue weighted by Crippen LogP contribution is 2.22. The number of aliphatic hydroxyl groups is 1. The first-order valence-electron chi connectivity index (χ1n) is 12.1. The number of hydrogen-bond donors (Lipinski definition) is 2. The van der Waals surface area contributed by atoms with Gasteiger partial charge in [-0.15, -0.1) is 11.3 Å². The molecule has 2 aromatic carbocycles. The van der Waals surface area contributed by atoms with Crippen LogP contribution in [0.2, 0.25) is 0 Å². The molecule has 0 aliphatic heterocycles. The van der Waals surface area contributed by atoms with Gasteiger partial charge in [-0.1, -0.05) is 37.3 Å². The second kappa shape index (κ2) is 12.2. The van der Waals surface area contributed by atoms with Crippen LogP contribution in [0.15, 0.2) is 72.2 Å². The molecule has 2 aromatic heterocycles. The number of benzene rings is 2. The Labute approximate surface area is 219 Å². The predicted molar refractivity (Wildman–Crippen MR) is 141 cm³/mol. The molecule has 0 radical (unpaired) electrons. The summed E-state index contributed by atoms with van der Waals surface area (Å²) >= 11 is 1.57. The smallest absolute Gasteiger partial charge is 0.244 e. The summed E-state index contributed by atoms with van der Waals surface area (Å²) in [6.45, 7) is 2.30. The van der Waals surface area contributed by atoms with Gasteiger partial charge in [0.25, 0.3) is 0 Å². The number of aryl methyl sites for hydroxylation is 1. The lowest BCUT2D eigenvalue weighted by atomic mass is 10.0. The fourth-order valence-electron chi connectivity index (χ4n) is 4.17. The third kappa shape index (κ3) is 7.31. The fourth-order valence-corrected chi connectivity index (χ4v) is 4.86. The van der Waals surface area contributed by atoms with Crippen molar-refractivity contribution in [1.82, 2.24) is 14.7 Å². The van der Waals surface area contributed by atoms with Crippen LogP contribution in [-0.2, 0) is 30.7 Å². The summed E-state index contributed by atoms with van der Waals surface area (Å²) in [6, 6.07) is 16.0. The van der Waals surface area contributed by atoms with Crippen molar-refractivity contribution in [3.63, 3.8) is 0 Å². The summed E-state index contributed by atoms with van der Waals surface area (Å²) in [5.41, 5.74) is 9.40. The predicted octanol–water partition coefficient (Wildman–Crippen LogP) is 4.41. The summed E-state index contributed by atoms with van der Waals surface area (Å²) in [6.07, 6.45) is 1.57. The Bertz CT molecular complexity index is 1310. The second-order valence-electron chi connectivity index (χ2n) is 9.04. The standard InChI is InChI=1S/C28H30F2N4O2S/c1-2-19-5-3-6-20(11-19)16-33(17-26(35)24(31)14-21-12-22(29)15-23(30)13-21)28(36)18-34-9-8-25(32-34)27-7-4-10-37-27/h3-13,15,24,26,35H,2,14,16-18,31H2,1H3. The number of nitrogens with two attached hydrogens (primary N) is 1. The minimum Gasteiger partial charge on any atom is -0.390 e. The molecular formula is C28H30F2N4O2S. The molecule has 0 aliphatic rings. The quantitative estimate of drug-likeness (QED) is 0.304. The van der Waals surface area contributed by atoms with Crippen LogP contribution in [0.25, 0.3) is 10.6 Å². The molecule has 0 fully saturated rings. The largest absolute Gasteiger partial charge is 0.390 e. The minimum atomic E-state index is -1.11. The van der Waals surface area contributed by atoms with Gasteiger partial charge in [-0.25, -0.2) is 8.78 Å². The molecule has 0 saturated carbocycles. The van der Waals surface area contributed by atoms with Gasteiger partial charge in [0.1, 0.15) is 23.9 Å². The Hall–Kier alpha value is -3.40. The van der Waals surface area contributed by atoms with E-state index in [1.165, 1.54) is 12.1 Å². The van der Waals surface area contributed by atoms with Gasteiger partial charge in [0.05, 0.1) is 11.0 Å². The number of aliphatic hydroxyl groups excluding tert-OH is 1. The van der Waals surface area contributed by atoms with Crippen LogP contribution in [0.5, 0.6) is 0 Å². The maximum absolute atomic E-state index is 13.6. The first-order chi connectivity index (χ1) is 17.8. The van der Waals surface area contributed by atoms with Crippen LogP contribution >= 0.6 is 11.3 Å². The molecule has 2 unspecified atom stereocenters. The molecule has 0 spiro atoms. The maximum Gasteiger partial charge on any atom is 0.244 e. The van der Waals surface area contributed by atoms with Crippen molar-refractivity contribution in [3.8, 4) is 10.6 Å². The lowest BCUT2D eigenvalue weighted by Crippen LogP contribution is -2.47. The summed E-state index contributed by atoms with van der Waals surface area (Å²) in [5.74, 6) is -1.64. The molecule has 2 heterocycles. The molecule has 37 heavy (non-hydrogen) atoms. The summed E-state index contributed by atoms with van der Waals surface area (Å²) in [4.78, 5) is 16.0. The highest BCUT2D eigenvalue weighted by molar-refractivity contribution is 7.13.